The average Bonchev–Trinajstić information content (AvgIpc) is 2.77. The summed E-state index contributed by atoms with van der Waals surface area (Å²) in [4.78, 5) is 19.4. The molecule has 4 aliphatic heterocycles. The molecule has 3 saturated heterocycles. The summed E-state index contributed by atoms with van der Waals surface area (Å²) in [6.45, 7) is 7.88. The number of rotatable bonds is 3. The maximum absolute atomic E-state index is 12.8. The number of benzene rings is 1. The Morgan fingerprint density at radius 3 is 2.77 bits per heavy atom. The van der Waals surface area contributed by atoms with Crippen LogP contribution in [0.2, 0.25) is 0 Å². The van der Waals surface area contributed by atoms with E-state index in [4.69, 9.17) is 9.47 Å². The van der Waals surface area contributed by atoms with Crippen LogP contribution in [0.15, 0.2) is 42.7 Å². The fourth-order valence-corrected chi connectivity index (χ4v) is 4.99. The van der Waals surface area contributed by atoms with Crippen molar-refractivity contribution in [2.24, 2.45) is 11.3 Å². The summed E-state index contributed by atoms with van der Waals surface area (Å²) in [7, 11) is 0. The van der Waals surface area contributed by atoms with Gasteiger partial charge in [-0.15, -0.1) is 0 Å². The molecule has 2 atom stereocenters. The molecule has 6 heteroatoms. The number of nitrogens with zero attached hydrogens (tertiary/aromatic N) is 2. The summed E-state index contributed by atoms with van der Waals surface area (Å²) in [5, 5.41) is 3.16. The molecule has 1 unspecified atom stereocenters. The van der Waals surface area contributed by atoms with E-state index in [2.05, 4.69) is 41.2 Å². The van der Waals surface area contributed by atoms with E-state index in [1.165, 1.54) is 0 Å². The molecular formula is C24H29N3O3. The van der Waals surface area contributed by atoms with Gasteiger partial charge >= 0.3 is 6.09 Å². The molecule has 0 aliphatic carbocycles. The first-order chi connectivity index (χ1) is 14.5. The lowest BCUT2D eigenvalue weighted by Gasteiger charge is -2.44. The Balaban J connectivity index is 1.35. The standard InChI is InChI=1S/C24H29N3O3/c1-24(2)15-29-20-12-17(18-4-3-9-25-13-18)5-6-19(20)22(24)26-23(28)30-21-14-27-10-7-16(21)8-11-27/h3-6,9,12-13,16,21-22H,7-8,10-11,14-15H2,1-2H3,(H,26,28)/t21-,22?/m1/s1. The van der Waals surface area contributed by atoms with E-state index < -0.39 is 0 Å². The molecule has 4 aliphatic rings. The van der Waals surface area contributed by atoms with Crippen LogP contribution in [-0.4, -0.2) is 48.3 Å². The van der Waals surface area contributed by atoms with Crippen LogP contribution in [0.5, 0.6) is 5.75 Å². The molecule has 2 aromatic rings. The van der Waals surface area contributed by atoms with Crippen molar-refractivity contribution in [1.82, 2.24) is 15.2 Å². The van der Waals surface area contributed by atoms with Crippen LogP contribution < -0.4 is 10.1 Å². The SMILES string of the molecule is CC1(C)COc2cc(-c3cccnc3)ccc2C1NC(=O)O[C@@H]1CN2CCC1CC2. The zero-order valence-electron chi connectivity index (χ0n) is 17.6. The number of pyridine rings is 1. The lowest BCUT2D eigenvalue weighted by Crippen LogP contribution is -2.53. The molecule has 158 valence electrons. The van der Waals surface area contributed by atoms with Crippen molar-refractivity contribution in [2.75, 3.05) is 26.2 Å². The molecule has 0 saturated carbocycles. The third-order valence-corrected chi connectivity index (χ3v) is 6.82. The summed E-state index contributed by atoms with van der Waals surface area (Å²) in [6.07, 6.45) is 5.54. The Morgan fingerprint density at radius 2 is 2.07 bits per heavy atom. The van der Waals surface area contributed by atoms with Crippen LogP contribution in [-0.2, 0) is 4.74 Å². The number of piperidine rings is 3. The minimum absolute atomic E-state index is 0.00267. The zero-order chi connectivity index (χ0) is 20.7. The highest BCUT2D eigenvalue weighted by molar-refractivity contribution is 5.70. The van der Waals surface area contributed by atoms with Gasteiger partial charge in [-0.25, -0.2) is 4.79 Å². The topological polar surface area (TPSA) is 63.7 Å². The molecule has 1 amide bonds. The van der Waals surface area contributed by atoms with Crippen molar-refractivity contribution < 1.29 is 14.3 Å². The number of fused-ring (bicyclic) bond motifs is 4. The Hall–Kier alpha value is -2.60. The summed E-state index contributed by atoms with van der Waals surface area (Å²) in [6, 6.07) is 9.94. The number of hydrogen-bond acceptors (Lipinski definition) is 5. The van der Waals surface area contributed by atoms with Gasteiger partial charge in [0.2, 0.25) is 0 Å². The van der Waals surface area contributed by atoms with Gasteiger partial charge in [0.1, 0.15) is 11.9 Å². The smallest absolute Gasteiger partial charge is 0.407 e. The number of ether oxygens (including phenoxy) is 2. The number of amides is 1. The van der Waals surface area contributed by atoms with E-state index in [1.54, 1.807) is 6.20 Å². The first-order valence-electron chi connectivity index (χ1n) is 10.9. The molecule has 30 heavy (non-hydrogen) atoms. The molecule has 2 bridgehead atoms. The van der Waals surface area contributed by atoms with Crippen molar-refractivity contribution in [3.05, 3.63) is 48.3 Å². The first kappa shape index (κ1) is 19.4. The predicted octanol–water partition coefficient (Wildman–Crippen LogP) is 4.03. The third-order valence-electron chi connectivity index (χ3n) is 6.82. The van der Waals surface area contributed by atoms with Gasteiger partial charge < -0.3 is 14.8 Å². The van der Waals surface area contributed by atoms with Crippen molar-refractivity contribution >= 4 is 6.09 Å². The Morgan fingerprint density at radius 1 is 1.23 bits per heavy atom. The molecule has 1 N–H and O–H groups in total. The fourth-order valence-electron chi connectivity index (χ4n) is 4.99. The second-order valence-electron chi connectivity index (χ2n) is 9.43. The van der Waals surface area contributed by atoms with Crippen LogP contribution in [0.4, 0.5) is 4.79 Å². The minimum atomic E-state index is -0.323. The van der Waals surface area contributed by atoms with Gasteiger partial charge in [0.05, 0.1) is 12.6 Å². The molecule has 1 aromatic heterocycles. The second-order valence-corrected chi connectivity index (χ2v) is 9.43. The molecule has 1 aromatic carbocycles. The van der Waals surface area contributed by atoms with Crippen LogP contribution >= 0.6 is 0 Å². The van der Waals surface area contributed by atoms with Gasteiger partial charge in [-0.3, -0.25) is 9.88 Å². The van der Waals surface area contributed by atoms with Crippen molar-refractivity contribution in [3.8, 4) is 16.9 Å². The van der Waals surface area contributed by atoms with Crippen LogP contribution in [0.3, 0.4) is 0 Å². The van der Waals surface area contributed by atoms with Gasteiger partial charge in [-0.2, -0.15) is 0 Å². The molecule has 3 fully saturated rings. The molecule has 0 radical (unpaired) electrons. The number of aromatic nitrogens is 1. The largest absolute Gasteiger partial charge is 0.493 e. The summed E-state index contributed by atoms with van der Waals surface area (Å²) < 4.78 is 12.0. The number of nitrogens with one attached hydrogen (secondary N) is 1. The Labute approximate surface area is 177 Å². The number of carbonyl (C=O) groups excluding carboxylic acids is 1. The zero-order valence-corrected chi connectivity index (χ0v) is 17.6. The second kappa shape index (κ2) is 7.58. The summed E-state index contributed by atoms with van der Waals surface area (Å²) >= 11 is 0. The highest BCUT2D eigenvalue weighted by atomic mass is 16.6. The van der Waals surface area contributed by atoms with E-state index in [0.717, 1.165) is 54.9 Å². The Kier molecular flexibility index (Phi) is 4.89. The van der Waals surface area contributed by atoms with Gasteiger partial charge in [-0.05, 0) is 49.5 Å². The minimum Gasteiger partial charge on any atom is -0.493 e. The predicted molar refractivity (Wildman–Crippen MR) is 114 cm³/mol. The van der Waals surface area contributed by atoms with E-state index in [1.807, 2.05) is 24.4 Å². The lowest BCUT2D eigenvalue weighted by molar-refractivity contribution is -0.0361. The van der Waals surface area contributed by atoms with Gasteiger partial charge in [0, 0.05) is 35.5 Å². The summed E-state index contributed by atoms with van der Waals surface area (Å²) in [5.74, 6) is 1.31. The van der Waals surface area contributed by atoms with Crippen molar-refractivity contribution in [3.63, 3.8) is 0 Å². The maximum atomic E-state index is 12.8. The number of hydrogen-bond donors (Lipinski definition) is 1. The van der Waals surface area contributed by atoms with E-state index in [0.29, 0.717) is 12.5 Å². The summed E-state index contributed by atoms with van der Waals surface area (Å²) in [5.41, 5.74) is 2.84. The van der Waals surface area contributed by atoms with Crippen LogP contribution in [0, 0.1) is 11.3 Å². The first-order valence-corrected chi connectivity index (χ1v) is 10.9. The van der Waals surface area contributed by atoms with E-state index in [9.17, 15) is 4.79 Å². The molecular weight excluding hydrogens is 378 g/mol. The van der Waals surface area contributed by atoms with Crippen LogP contribution in [0.1, 0.15) is 38.3 Å². The van der Waals surface area contributed by atoms with E-state index >= 15 is 0 Å². The highest BCUT2D eigenvalue weighted by Gasteiger charge is 2.41. The lowest BCUT2D eigenvalue weighted by atomic mass is 9.78. The quantitative estimate of drug-likeness (QED) is 0.832. The highest BCUT2D eigenvalue weighted by Crippen LogP contribution is 2.44. The normalized spacial score (nSPS) is 28.9. The third kappa shape index (κ3) is 3.65. The Bertz CT molecular complexity index is 923. The van der Waals surface area contributed by atoms with Gasteiger partial charge in [-0.1, -0.05) is 32.0 Å². The van der Waals surface area contributed by atoms with Crippen LogP contribution in [0.25, 0.3) is 11.1 Å². The van der Waals surface area contributed by atoms with Gasteiger partial charge in [0.25, 0.3) is 0 Å². The fraction of sp³-hybridized carbons (Fsp3) is 0.500. The molecule has 6 nitrogen and oxygen atoms in total. The molecule has 0 spiro atoms. The molecule has 6 rings (SSSR count). The molecule has 5 heterocycles. The van der Waals surface area contributed by atoms with Gasteiger partial charge in [0.15, 0.2) is 0 Å². The van der Waals surface area contributed by atoms with Crippen molar-refractivity contribution in [1.29, 1.82) is 0 Å². The van der Waals surface area contributed by atoms with Crippen molar-refractivity contribution in [2.45, 2.75) is 38.8 Å². The number of carbonyl (C=O) groups is 1. The monoisotopic (exact) mass is 407 g/mol. The average molecular weight is 408 g/mol. The number of alkyl carbamates (subject to hydrolysis) is 1. The van der Waals surface area contributed by atoms with E-state index in [-0.39, 0.29) is 23.7 Å². The maximum Gasteiger partial charge on any atom is 0.407 e.